The van der Waals surface area contributed by atoms with Crippen LogP contribution in [0.1, 0.15) is 36.5 Å². The SMILES string of the molecule is CCCCCSCC(=O)Nc1cc(C(=O)O)ccc1Cl. The average molecular weight is 316 g/mol. The molecule has 1 rings (SSSR count). The van der Waals surface area contributed by atoms with Gasteiger partial charge in [0.1, 0.15) is 0 Å². The minimum atomic E-state index is -1.05. The number of amides is 1. The first kappa shape index (κ1) is 16.9. The van der Waals surface area contributed by atoms with Gasteiger partial charge in [-0.15, -0.1) is 0 Å². The van der Waals surface area contributed by atoms with Crippen molar-refractivity contribution in [3.05, 3.63) is 28.8 Å². The molecule has 0 saturated heterocycles. The van der Waals surface area contributed by atoms with E-state index in [1.54, 1.807) is 11.8 Å². The van der Waals surface area contributed by atoms with Gasteiger partial charge >= 0.3 is 5.97 Å². The number of unbranched alkanes of at least 4 members (excludes halogenated alkanes) is 2. The van der Waals surface area contributed by atoms with Crippen molar-refractivity contribution < 1.29 is 14.7 Å². The van der Waals surface area contributed by atoms with Gasteiger partial charge in [-0.05, 0) is 30.4 Å². The molecule has 0 unspecified atom stereocenters. The second kappa shape index (κ2) is 8.87. The van der Waals surface area contributed by atoms with E-state index in [4.69, 9.17) is 16.7 Å². The Morgan fingerprint density at radius 1 is 1.35 bits per heavy atom. The number of benzene rings is 1. The molecule has 0 aliphatic rings. The van der Waals surface area contributed by atoms with E-state index < -0.39 is 5.97 Å². The number of carbonyl (C=O) groups excluding carboxylic acids is 1. The van der Waals surface area contributed by atoms with Crippen LogP contribution in [0.25, 0.3) is 0 Å². The summed E-state index contributed by atoms with van der Waals surface area (Å²) in [5.41, 5.74) is 0.436. The zero-order valence-electron chi connectivity index (χ0n) is 11.3. The fourth-order valence-electron chi connectivity index (χ4n) is 1.56. The van der Waals surface area contributed by atoms with Crippen molar-refractivity contribution >= 4 is 40.9 Å². The second-order valence-electron chi connectivity index (χ2n) is 4.31. The lowest BCUT2D eigenvalue weighted by Gasteiger charge is -2.08. The summed E-state index contributed by atoms with van der Waals surface area (Å²) < 4.78 is 0. The van der Waals surface area contributed by atoms with Gasteiger partial charge in [0.2, 0.25) is 5.91 Å². The summed E-state index contributed by atoms with van der Waals surface area (Å²) in [5.74, 6) is 0.0728. The quantitative estimate of drug-likeness (QED) is 0.714. The number of carboxylic acids is 1. The third-order valence-electron chi connectivity index (χ3n) is 2.61. The molecule has 20 heavy (non-hydrogen) atoms. The smallest absolute Gasteiger partial charge is 0.335 e. The van der Waals surface area contributed by atoms with E-state index in [1.807, 2.05) is 0 Å². The average Bonchev–Trinajstić information content (AvgIpc) is 2.40. The summed E-state index contributed by atoms with van der Waals surface area (Å²) in [5, 5.41) is 11.9. The van der Waals surface area contributed by atoms with E-state index in [0.29, 0.717) is 16.5 Å². The molecule has 0 fully saturated rings. The lowest BCUT2D eigenvalue weighted by atomic mass is 10.2. The van der Waals surface area contributed by atoms with Crippen LogP contribution in [0.5, 0.6) is 0 Å². The van der Waals surface area contributed by atoms with Crippen LogP contribution in [0.4, 0.5) is 5.69 Å². The molecular formula is C14H18ClNO3S. The van der Waals surface area contributed by atoms with E-state index in [9.17, 15) is 9.59 Å². The molecule has 0 spiro atoms. The van der Waals surface area contributed by atoms with Gasteiger partial charge in [0, 0.05) is 0 Å². The number of rotatable bonds is 8. The zero-order chi connectivity index (χ0) is 15.0. The minimum Gasteiger partial charge on any atom is -0.478 e. The maximum atomic E-state index is 11.7. The summed E-state index contributed by atoms with van der Waals surface area (Å²) in [6, 6.07) is 4.24. The van der Waals surface area contributed by atoms with Crippen LogP contribution >= 0.6 is 23.4 Å². The van der Waals surface area contributed by atoms with E-state index in [0.717, 1.165) is 18.6 Å². The molecule has 1 aromatic carbocycles. The number of anilines is 1. The number of carbonyl (C=O) groups is 2. The van der Waals surface area contributed by atoms with Gasteiger partial charge in [0.05, 0.1) is 22.0 Å². The zero-order valence-corrected chi connectivity index (χ0v) is 12.9. The first-order valence-corrected chi connectivity index (χ1v) is 7.98. The Hall–Kier alpha value is -1.20. The van der Waals surface area contributed by atoms with Gasteiger partial charge in [0.15, 0.2) is 0 Å². The second-order valence-corrected chi connectivity index (χ2v) is 5.82. The largest absolute Gasteiger partial charge is 0.478 e. The van der Waals surface area contributed by atoms with Crippen LogP contribution in [0.15, 0.2) is 18.2 Å². The summed E-state index contributed by atoms with van der Waals surface area (Å²) in [6.45, 7) is 2.13. The number of carboxylic acid groups (broad SMARTS) is 1. The van der Waals surface area contributed by atoms with Crippen molar-refractivity contribution in [3.63, 3.8) is 0 Å². The topological polar surface area (TPSA) is 66.4 Å². The molecule has 0 aliphatic carbocycles. The van der Waals surface area contributed by atoms with E-state index in [1.165, 1.54) is 24.6 Å². The molecule has 0 saturated carbocycles. The summed E-state index contributed by atoms with van der Waals surface area (Å²) in [6.07, 6.45) is 3.43. The lowest BCUT2D eigenvalue weighted by molar-refractivity contribution is -0.113. The van der Waals surface area contributed by atoms with Crippen LogP contribution in [0.3, 0.4) is 0 Å². The number of nitrogens with one attached hydrogen (secondary N) is 1. The van der Waals surface area contributed by atoms with E-state index in [-0.39, 0.29) is 11.5 Å². The van der Waals surface area contributed by atoms with Gasteiger partial charge < -0.3 is 10.4 Å². The fourth-order valence-corrected chi connectivity index (χ4v) is 2.53. The first-order chi connectivity index (χ1) is 9.54. The maximum Gasteiger partial charge on any atom is 0.335 e. The molecule has 0 aliphatic heterocycles. The first-order valence-electron chi connectivity index (χ1n) is 6.45. The third kappa shape index (κ3) is 5.84. The molecule has 1 amide bonds. The molecule has 0 radical (unpaired) electrons. The number of halogens is 1. The molecule has 0 aromatic heterocycles. The molecule has 2 N–H and O–H groups in total. The molecule has 110 valence electrons. The fraction of sp³-hybridized carbons (Fsp3) is 0.429. The van der Waals surface area contributed by atoms with Crippen LogP contribution in [-0.2, 0) is 4.79 Å². The van der Waals surface area contributed by atoms with E-state index >= 15 is 0 Å². The predicted molar refractivity (Wildman–Crippen MR) is 83.9 cm³/mol. The monoisotopic (exact) mass is 315 g/mol. The molecule has 0 heterocycles. The minimum absolute atomic E-state index is 0.0975. The summed E-state index contributed by atoms with van der Waals surface area (Å²) in [7, 11) is 0. The summed E-state index contributed by atoms with van der Waals surface area (Å²) >= 11 is 7.50. The molecule has 6 heteroatoms. The Bertz CT molecular complexity index is 479. The molecule has 4 nitrogen and oxygen atoms in total. The van der Waals surface area contributed by atoms with Crippen molar-refractivity contribution in [2.24, 2.45) is 0 Å². The number of thioether (sulfide) groups is 1. The van der Waals surface area contributed by atoms with Crippen LogP contribution in [0, 0.1) is 0 Å². The van der Waals surface area contributed by atoms with Gasteiger partial charge in [0.25, 0.3) is 0 Å². The van der Waals surface area contributed by atoms with Gasteiger partial charge in [-0.25, -0.2) is 4.79 Å². The molecule has 0 bridgehead atoms. The standard InChI is InChI=1S/C14H18ClNO3S/c1-2-3-4-7-20-9-13(17)16-12-8-10(14(18)19)5-6-11(12)15/h5-6,8H,2-4,7,9H2,1H3,(H,16,17)(H,18,19). The number of aromatic carboxylic acids is 1. The Morgan fingerprint density at radius 2 is 2.10 bits per heavy atom. The van der Waals surface area contributed by atoms with Crippen molar-refractivity contribution in [2.75, 3.05) is 16.8 Å². The van der Waals surface area contributed by atoms with Crippen LogP contribution in [0.2, 0.25) is 5.02 Å². The highest BCUT2D eigenvalue weighted by Gasteiger charge is 2.10. The van der Waals surface area contributed by atoms with Gasteiger partial charge in [-0.1, -0.05) is 31.4 Å². The highest BCUT2D eigenvalue weighted by Crippen LogP contribution is 2.23. The van der Waals surface area contributed by atoms with E-state index in [2.05, 4.69) is 12.2 Å². The Morgan fingerprint density at radius 3 is 2.75 bits per heavy atom. The maximum absolute atomic E-state index is 11.7. The van der Waals surface area contributed by atoms with Crippen molar-refractivity contribution in [1.82, 2.24) is 0 Å². The highest BCUT2D eigenvalue weighted by molar-refractivity contribution is 7.99. The summed E-state index contributed by atoms with van der Waals surface area (Å²) in [4.78, 5) is 22.6. The Balaban J connectivity index is 2.49. The highest BCUT2D eigenvalue weighted by atomic mass is 35.5. The van der Waals surface area contributed by atoms with Gasteiger partial charge in [-0.3, -0.25) is 4.79 Å². The number of hydrogen-bond acceptors (Lipinski definition) is 3. The Labute approximate surface area is 127 Å². The molecule has 1 aromatic rings. The lowest BCUT2D eigenvalue weighted by Crippen LogP contribution is -2.15. The molecule has 0 atom stereocenters. The normalized spacial score (nSPS) is 10.3. The Kier molecular flexibility index (Phi) is 7.47. The molecular weight excluding hydrogens is 298 g/mol. The third-order valence-corrected chi connectivity index (χ3v) is 3.99. The predicted octanol–water partition coefficient (Wildman–Crippen LogP) is 3.90. The van der Waals surface area contributed by atoms with Gasteiger partial charge in [-0.2, -0.15) is 11.8 Å². The van der Waals surface area contributed by atoms with Crippen molar-refractivity contribution in [2.45, 2.75) is 26.2 Å². The van der Waals surface area contributed by atoms with Crippen LogP contribution < -0.4 is 5.32 Å². The van der Waals surface area contributed by atoms with Crippen molar-refractivity contribution in [1.29, 1.82) is 0 Å². The van der Waals surface area contributed by atoms with Crippen molar-refractivity contribution in [3.8, 4) is 0 Å². The van der Waals surface area contributed by atoms with Crippen LogP contribution in [-0.4, -0.2) is 28.5 Å². The number of hydrogen-bond donors (Lipinski definition) is 2.